The summed E-state index contributed by atoms with van der Waals surface area (Å²) in [4.78, 5) is 14.2. The van der Waals surface area contributed by atoms with Crippen LogP contribution in [0.2, 0.25) is 5.02 Å². The number of rotatable bonds is 4. The van der Waals surface area contributed by atoms with Gasteiger partial charge in [-0.3, -0.25) is 4.79 Å². The Morgan fingerprint density at radius 1 is 1.50 bits per heavy atom. The Morgan fingerprint density at radius 3 is 2.95 bits per heavy atom. The van der Waals surface area contributed by atoms with Crippen LogP contribution >= 0.6 is 11.6 Å². The summed E-state index contributed by atoms with van der Waals surface area (Å²) in [7, 11) is 0. The molecule has 1 aromatic rings. The fourth-order valence-electron chi connectivity index (χ4n) is 2.70. The molecular weight excluding hydrogens is 272 g/mol. The average molecular weight is 295 g/mol. The molecule has 0 aromatic heterocycles. The molecule has 2 rings (SSSR count). The standard InChI is InChI=1S/C16H23ClN2O/c1-12-6-5-9-19(11-12)16(20)10-18-13(2)14-7-3-4-8-15(14)17/h3-4,7-8,12-13,18H,5-6,9-11H2,1-2H3. The van der Waals surface area contributed by atoms with Crippen LogP contribution in [-0.2, 0) is 4.79 Å². The molecule has 0 radical (unpaired) electrons. The van der Waals surface area contributed by atoms with Crippen molar-refractivity contribution in [2.75, 3.05) is 19.6 Å². The molecule has 0 saturated carbocycles. The van der Waals surface area contributed by atoms with E-state index in [0.29, 0.717) is 12.5 Å². The first kappa shape index (κ1) is 15.3. The van der Waals surface area contributed by atoms with Crippen molar-refractivity contribution in [1.29, 1.82) is 0 Å². The summed E-state index contributed by atoms with van der Waals surface area (Å²) in [6.07, 6.45) is 2.35. The second-order valence-electron chi connectivity index (χ2n) is 5.71. The van der Waals surface area contributed by atoms with Crippen molar-refractivity contribution in [3.05, 3.63) is 34.9 Å². The van der Waals surface area contributed by atoms with E-state index in [1.54, 1.807) is 0 Å². The lowest BCUT2D eigenvalue weighted by Gasteiger charge is -2.31. The number of likely N-dealkylation sites (tertiary alicyclic amines) is 1. The van der Waals surface area contributed by atoms with E-state index in [4.69, 9.17) is 11.6 Å². The van der Waals surface area contributed by atoms with E-state index in [1.807, 2.05) is 36.1 Å². The Hall–Kier alpha value is -1.06. The molecule has 1 aliphatic rings. The largest absolute Gasteiger partial charge is 0.341 e. The summed E-state index contributed by atoms with van der Waals surface area (Å²) < 4.78 is 0. The number of nitrogens with one attached hydrogen (secondary N) is 1. The number of nitrogens with zero attached hydrogens (tertiary/aromatic N) is 1. The van der Waals surface area contributed by atoms with Crippen molar-refractivity contribution < 1.29 is 4.79 Å². The zero-order valence-corrected chi connectivity index (χ0v) is 13.0. The van der Waals surface area contributed by atoms with Crippen LogP contribution < -0.4 is 5.32 Å². The minimum Gasteiger partial charge on any atom is -0.341 e. The summed E-state index contributed by atoms with van der Waals surface area (Å²) >= 11 is 6.17. The summed E-state index contributed by atoms with van der Waals surface area (Å²) in [5, 5.41) is 4.02. The number of piperidine rings is 1. The van der Waals surface area contributed by atoms with Gasteiger partial charge in [0.05, 0.1) is 6.54 Å². The maximum absolute atomic E-state index is 12.2. The first-order valence-electron chi connectivity index (χ1n) is 7.33. The van der Waals surface area contributed by atoms with E-state index in [2.05, 4.69) is 12.2 Å². The van der Waals surface area contributed by atoms with Gasteiger partial charge >= 0.3 is 0 Å². The summed E-state index contributed by atoms with van der Waals surface area (Å²) in [6, 6.07) is 7.83. The summed E-state index contributed by atoms with van der Waals surface area (Å²) in [5.74, 6) is 0.809. The van der Waals surface area contributed by atoms with E-state index in [0.717, 1.165) is 30.1 Å². The van der Waals surface area contributed by atoms with Gasteiger partial charge in [-0.05, 0) is 37.3 Å². The Kier molecular flexibility index (Phi) is 5.44. The number of benzene rings is 1. The number of carbonyl (C=O) groups is 1. The molecule has 1 N–H and O–H groups in total. The molecule has 1 aromatic carbocycles. The second-order valence-corrected chi connectivity index (χ2v) is 6.12. The van der Waals surface area contributed by atoms with E-state index < -0.39 is 0 Å². The average Bonchev–Trinajstić information content (AvgIpc) is 2.45. The molecule has 2 atom stereocenters. The Bertz CT molecular complexity index is 464. The minimum absolute atomic E-state index is 0.0786. The quantitative estimate of drug-likeness (QED) is 0.924. The van der Waals surface area contributed by atoms with Gasteiger partial charge in [0.15, 0.2) is 0 Å². The summed E-state index contributed by atoms with van der Waals surface area (Å²) in [5.41, 5.74) is 1.04. The second kappa shape index (κ2) is 7.09. The molecule has 1 saturated heterocycles. The maximum atomic E-state index is 12.2. The Labute approximate surface area is 126 Å². The van der Waals surface area contributed by atoms with Crippen molar-refractivity contribution in [2.24, 2.45) is 5.92 Å². The highest BCUT2D eigenvalue weighted by molar-refractivity contribution is 6.31. The molecule has 0 bridgehead atoms. The molecule has 1 aliphatic heterocycles. The Morgan fingerprint density at radius 2 is 2.25 bits per heavy atom. The normalized spacial score (nSPS) is 20.8. The fraction of sp³-hybridized carbons (Fsp3) is 0.562. The molecule has 1 heterocycles. The molecule has 1 fully saturated rings. The molecule has 110 valence electrons. The van der Waals surface area contributed by atoms with Crippen molar-refractivity contribution in [2.45, 2.75) is 32.7 Å². The van der Waals surface area contributed by atoms with Gasteiger partial charge in [0.2, 0.25) is 5.91 Å². The third-order valence-corrected chi connectivity index (χ3v) is 4.29. The topological polar surface area (TPSA) is 32.3 Å². The van der Waals surface area contributed by atoms with Gasteiger partial charge in [0, 0.05) is 24.2 Å². The SMILES string of the molecule is CC1CCCN(C(=O)CNC(C)c2ccccc2Cl)C1. The van der Waals surface area contributed by atoms with Crippen LogP contribution in [0, 0.1) is 5.92 Å². The van der Waals surface area contributed by atoms with Gasteiger partial charge < -0.3 is 10.2 Å². The molecule has 4 heteroatoms. The highest BCUT2D eigenvalue weighted by Gasteiger charge is 2.21. The van der Waals surface area contributed by atoms with Crippen LogP contribution in [0.15, 0.2) is 24.3 Å². The van der Waals surface area contributed by atoms with E-state index in [9.17, 15) is 4.79 Å². The molecule has 1 amide bonds. The van der Waals surface area contributed by atoms with Gasteiger partial charge in [-0.25, -0.2) is 0 Å². The number of hydrogen-bond acceptors (Lipinski definition) is 2. The van der Waals surface area contributed by atoms with Crippen LogP contribution in [-0.4, -0.2) is 30.4 Å². The molecule has 0 spiro atoms. The maximum Gasteiger partial charge on any atom is 0.236 e. The van der Waals surface area contributed by atoms with Gasteiger partial charge in [-0.15, -0.1) is 0 Å². The predicted octanol–water partition coefficient (Wildman–Crippen LogP) is 3.25. The zero-order chi connectivity index (χ0) is 14.5. The lowest BCUT2D eigenvalue weighted by atomic mass is 10.0. The van der Waals surface area contributed by atoms with Gasteiger partial charge in [-0.1, -0.05) is 36.7 Å². The van der Waals surface area contributed by atoms with Crippen LogP contribution in [0.1, 0.15) is 38.3 Å². The third-order valence-electron chi connectivity index (χ3n) is 3.94. The lowest BCUT2D eigenvalue weighted by Crippen LogP contribution is -2.43. The van der Waals surface area contributed by atoms with E-state index in [-0.39, 0.29) is 11.9 Å². The van der Waals surface area contributed by atoms with E-state index in [1.165, 1.54) is 6.42 Å². The minimum atomic E-state index is 0.0786. The first-order chi connectivity index (χ1) is 9.58. The van der Waals surface area contributed by atoms with Gasteiger partial charge in [0.1, 0.15) is 0 Å². The van der Waals surface area contributed by atoms with E-state index >= 15 is 0 Å². The smallest absolute Gasteiger partial charge is 0.236 e. The highest BCUT2D eigenvalue weighted by Crippen LogP contribution is 2.22. The van der Waals surface area contributed by atoms with Crippen LogP contribution in [0.25, 0.3) is 0 Å². The fourth-order valence-corrected chi connectivity index (χ4v) is 3.00. The number of carbonyl (C=O) groups excluding carboxylic acids is 1. The van der Waals surface area contributed by atoms with Crippen molar-refractivity contribution in [3.8, 4) is 0 Å². The molecule has 20 heavy (non-hydrogen) atoms. The van der Waals surface area contributed by atoms with Crippen LogP contribution in [0.3, 0.4) is 0 Å². The lowest BCUT2D eigenvalue weighted by molar-refractivity contribution is -0.132. The Balaban J connectivity index is 1.85. The third kappa shape index (κ3) is 3.97. The van der Waals surface area contributed by atoms with Crippen molar-refractivity contribution in [3.63, 3.8) is 0 Å². The number of amides is 1. The molecule has 0 aliphatic carbocycles. The molecule has 2 unspecified atom stereocenters. The van der Waals surface area contributed by atoms with Crippen LogP contribution in [0.5, 0.6) is 0 Å². The van der Waals surface area contributed by atoms with Gasteiger partial charge in [-0.2, -0.15) is 0 Å². The van der Waals surface area contributed by atoms with Crippen molar-refractivity contribution >= 4 is 17.5 Å². The molecule has 3 nitrogen and oxygen atoms in total. The monoisotopic (exact) mass is 294 g/mol. The van der Waals surface area contributed by atoms with Crippen LogP contribution in [0.4, 0.5) is 0 Å². The first-order valence-corrected chi connectivity index (χ1v) is 7.71. The van der Waals surface area contributed by atoms with Crippen molar-refractivity contribution in [1.82, 2.24) is 10.2 Å². The van der Waals surface area contributed by atoms with Gasteiger partial charge in [0.25, 0.3) is 0 Å². The number of hydrogen-bond donors (Lipinski definition) is 1. The zero-order valence-electron chi connectivity index (χ0n) is 12.2. The predicted molar refractivity (Wildman–Crippen MR) is 82.8 cm³/mol. The summed E-state index contributed by atoms with van der Waals surface area (Å²) in [6.45, 7) is 6.40. The highest BCUT2D eigenvalue weighted by atomic mass is 35.5. The molecular formula is C16H23ClN2O. The number of halogens is 1.